The molecule has 0 bridgehead atoms. The van der Waals surface area contributed by atoms with E-state index in [0.717, 1.165) is 39.4 Å². The predicted molar refractivity (Wildman–Crippen MR) is 79.5 cm³/mol. The van der Waals surface area contributed by atoms with Crippen molar-refractivity contribution in [1.82, 2.24) is 0 Å². The first-order valence-corrected chi connectivity index (χ1v) is 6.44. The summed E-state index contributed by atoms with van der Waals surface area (Å²) < 4.78 is 16.7. The quantitative estimate of drug-likeness (QED) is 0.704. The minimum atomic E-state index is 0.791. The van der Waals surface area contributed by atoms with Gasteiger partial charge in [-0.2, -0.15) is 0 Å². The number of hydrogen-bond acceptors (Lipinski definition) is 3. The van der Waals surface area contributed by atoms with E-state index in [1.807, 2.05) is 49.4 Å². The molecule has 0 atom stereocenters. The van der Waals surface area contributed by atoms with Crippen LogP contribution in [0.3, 0.4) is 0 Å². The molecule has 0 fully saturated rings. The van der Waals surface area contributed by atoms with Crippen LogP contribution in [0.25, 0.3) is 22.3 Å². The van der Waals surface area contributed by atoms with Gasteiger partial charge in [-0.1, -0.05) is 18.2 Å². The van der Waals surface area contributed by atoms with E-state index in [-0.39, 0.29) is 0 Å². The third-order valence-electron chi connectivity index (χ3n) is 3.46. The third-order valence-corrected chi connectivity index (χ3v) is 3.46. The molecule has 0 saturated heterocycles. The molecule has 0 aliphatic carbocycles. The summed E-state index contributed by atoms with van der Waals surface area (Å²) in [7, 11) is 3.31. The largest absolute Gasteiger partial charge is 0.496 e. The molecule has 0 saturated carbocycles. The molecule has 102 valence electrons. The first kappa shape index (κ1) is 12.6. The fourth-order valence-corrected chi connectivity index (χ4v) is 2.35. The van der Waals surface area contributed by atoms with Gasteiger partial charge in [0.15, 0.2) is 0 Å². The molecular weight excluding hydrogens is 252 g/mol. The van der Waals surface area contributed by atoms with Gasteiger partial charge in [0.1, 0.15) is 22.8 Å². The minimum Gasteiger partial charge on any atom is -0.496 e. The van der Waals surface area contributed by atoms with Gasteiger partial charge in [-0.3, -0.25) is 0 Å². The molecule has 20 heavy (non-hydrogen) atoms. The lowest BCUT2D eigenvalue weighted by molar-refractivity contribution is 0.389. The lowest BCUT2D eigenvalue weighted by atomic mass is 10.1. The van der Waals surface area contributed by atoms with Crippen molar-refractivity contribution in [1.29, 1.82) is 0 Å². The molecule has 3 aromatic rings. The van der Waals surface area contributed by atoms with Crippen LogP contribution >= 0.6 is 0 Å². The van der Waals surface area contributed by atoms with Crippen molar-refractivity contribution >= 4 is 11.0 Å². The van der Waals surface area contributed by atoms with Gasteiger partial charge in [-0.05, 0) is 31.2 Å². The van der Waals surface area contributed by atoms with Crippen molar-refractivity contribution in [3.8, 4) is 22.8 Å². The highest BCUT2D eigenvalue weighted by molar-refractivity contribution is 5.83. The number of ether oxygens (including phenoxy) is 2. The fraction of sp³-hybridized carbons (Fsp3) is 0.176. The number of furan rings is 1. The Kier molecular flexibility index (Phi) is 3.11. The summed E-state index contributed by atoms with van der Waals surface area (Å²) in [6.45, 7) is 1.97. The van der Waals surface area contributed by atoms with E-state index in [4.69, 9.17) is 13.9 Å². The molecule has 0 spiro atoms. The monoisotopic (exact) mass is 268 g/mol. The number of methoxy groups -OCH3 is 2. The van der Waals surface area contributed by atoms with Crippen LogP contribution in [-0.4, -0.2) is 14.2 Å². The summed E-state index contributed by atoms with van der Waals surface area (Å²) in [4.78, 5) is 0. The fourth-order valence-electron chi connectivity index (χ4n) is 2.35. The minimum absolute atomic E-state index is 0.791. The molecular formula is C17H16O3. The molecule has 3 rings (SSSR count). The average molecular weight is 268 g/mol. The van der Waals surface area contributed by atoms with E-state index < -0.39 is 0 Å². The highest BCUT2D eigenvalue weighted by atomic mass is 16.5. The molecule has 0 unspecified atom stereocenters. The maximum absolute atomic E-state index is 5.88. The Hall–Kier alpha value is -2.42. The zero-order valence-corrected chi connectivity index (χ0v) is 11.8. The topological polar surface area (TPSA) is 31.6 Å². The highest BCUT2D eigenvalue weighted by Crippen LogP contribution is 2.36. The van der Waals surface area contributed by atoms with Gasteiger partial charge in [-0.15, -0.1) is 0 Å². The summed E-state index contributed by atoms with van der Waals surface area (Å²) in [5.41, 5.74) is 2.80. The summed E-state index contributed by atoms with van der Waals surface area (Å²) in [6.07, 6.45) is 0. The standard InChI is InChI=1S/C17H16O3/c1-11-15(18-2)9-13(10-16(11)19-3)17-8-12-6-4-5-7-14(12)20-17/h4-10H,1-3H3. The molecule has 1 aromatic heterocycles. The van der Waals surface area contributed by atoms with Gasteiger partial charge in [-0.25, -0.2) is 0 Å². The van der Waals surface area contributed by atoms with E-state index in [9.17, 15) is 0 Å². The van der Waals surface area contributed by atoms with Crippen LogP contribution in [0.4, 0.5) is 0 Å². The van der Waals surface area contributed by atoms with Crippen LogP contribution in [0, 0.1) is 6.92 Å². The molecule has 0 aliphatic rings. The molecule has 0 amide bonds. The van der Waals surface area contributed by atoms with Gasteiger partial charge in [0.25, 0.3) is 0 Å². The van der Waals surface area contributed by atoms with E-state index in [1.54, 1.807) is 14.2 Å². The van der Waals surface area contributed by atoms with E-state index in [0.29, 0.717) is 0 Å². The van der Waals surface area contributed by atoms with Crippen molar-refractivity contribution in [2.45, 2.75) is 6.92 Å². The SMILES string of the molecule is COc1cc(-c2cc3ccccc3o2)cc(OC)c1C. The summed E-state index contributed by atoms with van der Waals surface area (Å²) >= 11 is 0. The number of fused-ring (bicyclic) bond motifs is 1. The highest BCUT2D eigenvalue weighted by Gasteiger charge is 2.12. The van der Waals surface area contributed by atoms with Crippen LogP contribution in [0.2, 0.25) is 0 Å². The third kappa shape index (κ3) is 2.01. The van der Waals surface area contributed by atoms with Crippen molar-refractivity contribution < 1.29 is 13.9 Å². The average Bonchev–Trinajstić information content (AvgIpc) is 2.91. The molecule has 3 nitrogen and oxygen atoms in total. The lowest BCUT2D eigenvalue weighted by Crippen LogP contribution is -1.93. The maximum Gasteiger partial charge on any atom is 0.135 e. The summed E-state index contributed by atoms with van der Waals surface area (Å²) in [5, 5.41) is 1.08. The van der Waals surface area contributed by atoms with Crippen molar-refractivity contribution in [2.75, 3.05) is 14.2 Å². The smallest absolute Gasteiger partial charge is 0.135 e. The molecule has 0 N–H and O–H groups in total. The maximum atomic E-state index is 5.88. The molecule has 0 aliphatic heterocycles. The second-order valence-electron chi connectivity index (χ2n) is 4.65. The Morgan fingerprint density at radius 1 is 0.900 bits per heavy atom. The van der Waals surface area contributed by atoms with Crippen LogP contribution in [0.5, 0.6) is 11.5 Å². The predicted octanol–water partition coefficient (Wildman–Crippen LogP) is 4.43. The summed E-state index contributed by atoms with van der Waals surface area (Å²) in [5.74, 6) is 2.39. The first-order chi connectivity index (χ1) is 9.72. The zero-order chi connectivity index (χ0) is 14.1. The first-order valence-electron chi connectivity index (χ1n) is 6.44. The van der Waals surface area contributed by atoms with Crippen molar-refractivity contribution in [3.63, 3.8) is 0 Å². The van der Waals surface area contributed by atoms with Crippen LogP contribution in [0.15, 0.2) is 46.9 Å². The van der Waals surface area contributed by atoms with Gasteiger partial charge in [0, 0.05) is 16.5 Å². The molecule has 3 heteroatoms. The lowest BCUT2D eigenvalue weighted by Gasteiger charge is -2.11. The van der Waals surface area contributed by atoms with Crippen molar-refractivity contribution in [2.24, 2.45) is 0 Å². The molecule has 1 heterocycles. The normalized spacial score (nSPS) is 10.8. The second kappa shape index (κ2) is 4.93. The number of para-hydroxylation sites is 1. The Balaban J connectivity index is 2.18. The van der Waals surface area contributed by atoms with Gasteiger partial charge in [0.05, 0.1) is 14.2 Å². The number of hydrogen-bond donors (Lipinski definition) is 0. The van der Waals surface area contributed by atoms with E-state index in [1.165, 1.54) is 0 Å². The van der Waals surface area contributed by atoms with Crippen LogP contribution < -0.4 is 9.47 Å². The Bertz CT molecular complexity index is 698. The number of rotatable bonds is 3. The van der Waals surface area contributed by atoms with Gasteiger partial charge < -0.3 is 13.9 Å². The van der Waals surface area contributed by atoms with Crippen LogP contribution in [-0.2, 0) is 0 Å². The second-order valence-corrected chi connectivity index (χ2v) is 4.65. The van der Waals surface area contributed by atoms with E-state index >= 15 is 0 Å². The van der Waals surface area contributed by atoms with Gasteiger partial charge in [0.2, 0.25) is 0 Å². The molecule has 0 radical (unpaired) electrons. The number of benzene rings is 2. The Labute approximate surface area is 117 Å². The molecule has 2 aromatic carbocycles. The van der Waals surface area contributed by atoms with Gasteiger partial charge >= 0.3 is 0 Å². The van der Waals surface area contributed by atoms with Crippen molar-refractivity contribution in [3.05, 3.63) is 48.0 Å². The Morgan fingerprint density at radius 3 is 2.15 bits per heavy atom. The Morgan fingerprint density at radius 2 is 1.55 bits per heavy atom. The summed E-state index contributed by atoms with van der Waals surface area (Å²) in [6, 6.07) is 13.9. The zero-order valence-electron chi connectivity index (χ0n) is 11.8. The van der Waals surface area contributed by atoms with Crippen LogP contribution in [0.1, 0.15) is 5.56 Å². The van der Waals surface area contributed by atoms with E-state index in [2.05, 4.69) is 0 Å².